The van der Waals surface area contributed by atoms with Gasteiger partial charge < -0.3 is 19.3 Å². The second-order valence-electron chi connectivity index (χ2n) is 6.68. The first-order chi connectivity index (χ1) is 12.7. The van der Waals surface area contributed by atoms with Crippen molar-refractivity contribution in [2.24, 2.45) is 0 Å². The summed E-state index contributed by atoms with van der Waals surface area (Å²) in [7, 11) is 1.73. The Hall–Kier alpha value is -2.50. The van der Waals surface area contributed by atoms with Crippen LogP contribution in [0.3, 0.4) is 0 Å². The predicted octanol–water partition coefficient (Wildman–Crippen LogP) is 3.51. The van der Waals surface area contributed by atoms with Crippen molar-refractivity contribution >= 4 is 11.6 Å². The van der Waals surface area contributed by atoms with E-state index in [1.807, 2.05) is 18.2 Å². The van der Waals surface area contributed by atoms with Crippen molar-refractivity contribution in [2.45, 2.75) is 13.0 Å². The Morgan fingerprint density at radius 2 is 2.08 bits per heavy atom. The Labute approximate surface area is 153 Å². The van der Waals surface area contributed by atoms with Crippen molar-refractivity contribution in [1.29, 1.82) is 0 Å². The second-order valence-corrected chi connectivity index (χ2v) is 6.68. The molecule has 0 aromatic heterocycles. The molecular formula is C21H23NO4. The molecule has 1 N–H and O–H groups in total. The van der Waals surface area contributed by atoms with Gasteiger partial charge in [-0.05, 0) is 41.8 Å². The highest BCUT2D eigenvalue weighted by Crippen LogP contribution is 2.38. The SMILES string of the molecule is COCCCN1COc2cc3c(cc2C1)C=C(c1cccc(O)c1)CO3. The van der Waals surface area contributed by atoms with E-state index in [0.717, 1.165) is 54.3 Å². The van der Waals surface area contributed by atoms with Crippen molar-refractivity contribution in [1.82, 2.24) is 4.90 Å². The molecule has 5 heteroatoms. The standard InChI is InChI=1S/C21H23NO4/c1-24-7-3-6-22-12-17-8-16-9-18(15-4-2-5-19(23)10-15)13-25-20(16)11-21(17)26-14-22/h2,4-5,8-11,23H,3,6-7,12-14H2,1H3. The number of methoxy groups -OCH3 is 1. The molecule has 0 saturated carbocycles. The molecule has 0 atom stereocenters. The first-order valence-corrected chi connectivity index (χ1v) is 8.87. The molecular weight excluding hydrogens is 330 g/mol. The molecule has 0 aliphatic carbocycles. The van der Waals surface area contributed by atoms with Crippen LogP contribution in [0.25, 0.3) is 11.6 Å². The third-order valence-corrected chi connectivity index (χ3v) is 4.74. The molecule has 2 aliphatic heterocycles. The van der Waals surface area contributed by atoms with Gasteiger partial charge in [-0.15, -0.1) is 0 Å². The van der Waals surface area contributed by atoms with Crippen LogP contribution in [0, 0.1) is 0 Å². The number of hydrogen-bond acceptors (Lipinski definition) is 5. The highest BCUT2D eigenvalue weighted by atomic mass is 16.5. The number of benzene rings is 2. The summed E-state index contributed by atoms with van der Waals surface area (Å²) in [5.74, 6) is 2.01. The van der Waals surface area contributed by atoms with Crippen LogP contribution in [0.1, 0.15) is 23.1 Å². The summed E-state index contributed by atoms with van der Waals surface area (Å²) in [6.07, 6.45) is 3.13. The molecule has 0 bridgehead atoms. The summed E-state index contributed by atoms with van der Waals surface area (Å²) in [5.41, 5.74) is 4.26. The molecule has 2 aliphatic rings. The molecule has 0 unspecified atom stereocenters. The van der Waals surface area contributed by atoms with E-state index in [1.165, 1.54) is 5.56 Å². The van der Waals surface area contributed by atoms with E-state index in [2.05, 4.69) is 17.0 Å². The number of fused-ring (bicyclic) bond motifs is 2. The van der Waals surface area contributed by atoms with Gasteiger partial charge in [0.15, 0.2) is 0 Å². The minimum absolute atomic E-state index is 0.264. The van der Waals surface area contributed by atoms with E-state index < -0.39 is 0 Å². The van der Waals surface area contributed by atoms with Gasteiger partial charge in [0, 0.05) is 44.0 Å². The Kier molecular flexibility index (Phi) is 4.82. The monoisotopic (exact) mass is 353 g/mol. The maximum absolute atomic E-state index is 9.72. The van der Waals surface area contributed by atoms with Gasteiger partial charge in [-0.1, -0.05) is 12.1 Å². The van der Waals surface area contributed by atoms with Crippen LogP contribution < -0.4 is 9.47 Å². The van der Waals surface area contributed by atoms with Crippen LogP contribution in [0.15, 0.2) is 36.4 Å². The first kappa shape index (κ1) is 16.9. The largest absolute Gasteiger partial charge is 0.508 e. The fraction of sp³-hybridized carbons (Fsp3) is 0.333. The molecule has 5 nitrogen and oxygen atoms in total. The highest BCUT2D eigenvalue weighted by Gasteiger charge is 2.22. The molecule has 2 aromatic rings. The van der Waals surface area contributed by atoms with E-state index in [1.54, 1.807) is 19.2 Å². The lowest BCUT2D eigenvalue weighted by Crippen LogP contribution is -2.33. The minimum Gasteiger partial charge on any atom is -0.508 e. The van der Waals surface area contributed by atoms with Crippen molar-refractivity contribution in [3.63, 3.8) is 0 Å². The zero-order valence-electron chi connectivity index (χ0n) is 14.9. The lowest BCUT2D eigenvalue weighted by atomic mass is 9.98. The third-order valence-electron chi connectivity index (χ3n) is 4.74. The zero-order chi connectivity index (χ0) is 17.9. The lowest BCUT2D eigenvalue weighted by Gasteiger charge is -2.30. The minimum atomic E-state index is 0.264. The fourth-order valence-electron chi connectivity index (χ4n) is 3.40. The number of phenols is 1. The molecule has 0 spiro atoms. The molecule has 26 heavy (non-hydrogen) atoms. The number of ether oxygens (including phenoxy) is 3. The lowest BCUT2D eigenvalue weighted by molar-refractivity contribution is 0.0832. The average molecular weight is 353 g/mol. The normalized spacial score (nSPS) is 16.1. The van der Waals surface area contributed by atoms with Crippen LogP contribution in [-0.2, 0) is 11.3 Å². The van der Waals surface area contributed by atoms with Gasteiger partial charge >= 0.3 is 0 Å². The number of nitrogens with zero attached hydrogens (tertiary/aromatic N) is 1. The maximum atomic E-state index is 9.72. The van der Waals surface area contributed by atoms with Crippen molar-refractivity contribution < 1.29 is 19.3 Å². The topological polar surface area (TPSA) is 51.2 Å². The smallest absolute Gasteiger partial charge is 0.142 e. The van der Waals surface area contributed by atoms with Crippen molar-refractivity contribution in [2.75, 3.05) is 33.6 Å². The van der Waals surface area contributed by atoms with Crippen LogP contribution in [0.5, 0.6) is 17.2 Å². The third kappa shape index (κ3) is 3.54. The number of hydrogen-bond donors (Lipinski definition) is 1. The van der Waals surface area contributed by atoms with Crippen LogP contribution in [-0.4, -0.2) is 43.6 Å². The molecule has 136 valence electrons. The van der Waals surface area contributed by atoms with Gasteiger partial charge in [-0.25, -0.2) is 0 Å². The Morgan fingerprint density at radius 1 is 1.15 bits per heavy atom. The quantitative estimate of drug-likeness (QED) is 0.834. The Bertz CT molecular complexity index is 831. The molecule has 0 amide bonds. The average Bonchev–Trinajstić information content (AvgIpc) is 2.66. The second kappa shape index (κ2) is 7.40. The fourth-order valence-corrected chi connectivity index (χ4v) is 3.40. The van der Waals surface area contributed by atoms with E-state index in [-0.39, 0.29) is 5.75 Å². The summed E-state index contributed by atoms with van der Waals surface area (Å²) in [5, 5.41) is 9.72. The van der Waals surface area contributed by atoms with Gasteiger partial charge in [0.05, 0.1) is 0 Å². The molecule has 2 heterocycles. The first-order valence-electron chi connectivity index (χ1n) is 8.87. The van der Waals surface area contributed by atoms with Gasteiger partial charge in [0.2, 0.25) is 0 Å². The van der Waals surface area contributed by atoms with Crippen molar-refractivity contribution in [3.8, 4) is 17.2 Å². The summed E-state index contributed by atoms with van der Waals surface area (Å²) >= 11 is 0. The molecule has 0 saturated heterocycles. The van der Waals surface area contributed by atoms with E-state index in [9.17, 15) is 5.11 Å². The number of rotatable bonds is 5. The zero-order valence-corrected chi connectivity index (χ0v) is 14.9. The number of phenolic OH excluding ortho intramolecular Hbond substituents is 1. The number of aromatic hydroxyl groups is 1. The van der Waals surface area contributed by atoms with Gasteiger partial charge in [0.1, 0.15) is 30.6 Å². The summed E-state index contributed by atoms with van der Waals surface area (Å²) in [6.45, 7) is 3.66. The summed E-state index contributed by atoms with van der Waals surface area (Å²) < 4.78 is 17.0. The molecule has 2 aromatic carbocycles. The van der Waals surface area contributed by atoms with Gasteiger partial charge in [0.25, 0.3) is 0 Å². The highest BCUT2D eigenvalue weighted by molar-refractivity contribution is 5.86. The maximum Gasteiger partial charge on any atom is 0.142 e. The predicted molar refractivity (Wildman–Crippen MR) is 100 cm³/mol. The van der Waals surface area contributed by atoms with E-state index >= 15 is 0 Å². The molecule has 0 fully saturated rings. The van der Waals surface area contributed by atoms with Crippen molar-refractivity contribution in [3.05, 3.63) is 53.1 Å². The molecule has 4 rings (SSSR count). The molecule has 0 radical (unpaired) electrons. The Morgan fingerprint density at radius 3 is 2.92 bits per heavy atom. The summed E-state index contributed by atoms with van der Waals surface area (Å²) in [4.78, 5) is 2.28. The van der Waals surface area contributed by atoms with Crippen LogP contribution in [0.2, 0.25) is 0 Å². The van der Waals surface area contributed by atoms with E-state index in [4.69, 9.17) is 14.2 Å². The van der Waals surface area contributed by atoms with Crippen LogP contribution >= 0.6 is 0 Å². The van der Waals surface area contributed by atoms with Gasteiger partial charge in [-0.2, -0.15) is 0 Å². The Balaban J connectivity index is 1.57. The van der Waals surface area contributed by atoms with Gasteiger partial charge in [-0.3, -0.25) is 4.90 Å². The van der Waals surface area contributed by atoms with Crippen LogP contribution in [0.4, 0.5) is 0 Å². The van der Waals surface area contributed by atoms with E-state index in [0.29, 0.717) is 13.3 Å². The summed E-state index contributed by atoms with van der Waals surface area (Å²) in [6, 6.07) is 11.4.